The minimum Gasteiger partial charge on any atom is -0.378 e. The summed E-state index contributed by atoms with van der Waals surface area (Å²) in [4.78, 5) is 15.4. The predicted octanol–water partition coefficient (Wildman–Crippen LogP) is 3.80. The van der Waals surface area contributed by atoms with Gasteiger partial charge in [-0.05, 0) is 45.8 Å². The molecule has 1 aliphatic rings. The summed E-state index contributed by atoms with van der Waals surface area (Å²) in [5.41, 5.74) is 4.42. The Bertz CT molecular complexity index is 1030. The first kappa shape index (κ1) is 20.2. The van der Waals surface area contributed by atoms with Gasteiger partial charge < -0.3 is 15.0 Å². The van der Waals surface area contributed by atoms with E-state index in [-0.39, 0.29) is 5.82 Å². The zero-order valence-corrected chi connectivity index (χ0v) is 17.5. The number of rotatable bonds is 6. The third kappa shape index (κ3) is 5.28. The summed E-state index contributed by atoms with van der Waals surface area (Å²) in [6.07, 6.45) is 1.56. The van der Waals surface area contributed by atoms with Crippen molar-refractivity contribution in [3.05, 3.63) is 64.4 Å². The Kier molecular flexibility index (Phi) is 6.45. The summed E-state index contributed by atoms with van der Waals surface area (Å²) in [6.45, 7) is 2.63. The molecule has 30 heavy (non-hydrogen) atoms. The van der Waals surface area contributed by atoms with Gasteiger partial charge in [0.15, 0.2) is 0 Å². The number of hydrogen-bond donors (Lipinski definition) is 2. The number of aromatic nitrogens is 3. The minimum absolute atomic E-state index is 0.294. The molecule has 1 fully saturated rings. The maximum absolute atomic E-state index is 13.4. The first-order valence-corrected chi connectivity index (χ1v) is 10.1. The summed E-state index contributed by atoms with van der Waals surface area (Å²) < 4.78 is 19.2. The van der Waals surface area contributed by atoms with Crippen LogP contribution in [0.1, 0.15) is 5.56 Å². The van der Waals surface area contributed by atoms with Gasteiger partial charge in [-0.2, -0.15) is 20.1 Å². The largest absolute Gasteiger partial charge is 0.378 e. The van der Waals surface area contributed by atoms with Gasteiger partial charge >= 0.3 is 0 Å². The van der Waals surface area contributed by atoms with E-state index in [0.717, 1.165) is 11.3 Å². The van der Waals surface area contributed by atoms with E-state index in [1.165, 1.54) is 6.07 Å². The molecule has 154 valence electrons. The first-order chi connectivity index (χ1) is 14.7. The molecule has 0 spiro atoms. The maximum Gasteiger partial charge on any atom is 0.250 e. The van der Waals surface area contributed by atoms with Crippen molar-refractivity contribution >= 4 is 45.7 Å². The molecule has 4 rings (SSSR count). The first-order valence-electron chi connectivity index (χ1n) is 9.32. The van der Waals surface area contributed by atoms with E-state index in [0.29, 0.717) is 48.6 Å². The van der Waals surface area contributed by atoms with Crippen molar-refractivity contribution in [1.29, 1.82) is 0 Å². The average molecular weight is 472 g/mol. The number of ether oxygens (including phenoxy) is 1. The molecular weight excluding hydrogens is 453 g/mol. The second kappa shape index (κ2) is 9.59. The number of hydrazone groups is 1. The van der Waals surface area contributed by atoms with Crippen molar-refractivity contribution in [2.24, 2.45) is 5.10 Å². The summed E-state index contributed by atoms with van der Waals surface area (Å²) in [6, 6.07) is 14.3. The molecule has 0 radical (unpaired) electrons. The fourth-order valence-corrected chi connectivity index (χ4v) is 3.18. The lowest BCUT2D eigenvalue weighted by Gasteiger charge is -2.27. The average Bonchev–Trinajstić information content (AvgIpc) is 2.77. The standard InChI is InChI=1S/C20H19BrFN7O/c21-16-12-14(6-7-17(16)22)13-23-28-19-25-18(24-15-4-2-1-3-5-15)26-20(27-19)29-8-10-30-11-9-29/h1-7,12-13H,8-11H2,(H2,24,25,26,27,28)/b23-13+. The van der Waals surface area contributed by atoms with Crippen LogP contribution in [0.2, 0.25) is 0 Å². The quantitative estimate of drug-likeness (QED) is 0.417. The van der Waals surface area contributed by atoms with Crippen molar-refractivity contribution in [2.75, 3.05) is 41.9 Å². The van der Waals surface area contributed by atoms with Crippen LogP contribution in [0.25, 0.3) is 0 Å². The van der Waals surface area contributed by atoms with Crippen molar-refractivity contribution in [3.8, 4) is 0 Å². The highest BCUT2D eigenvalue weighted by atomic mass is 79.9. The molecule has 0 unspecified atom stereocenters. The predicted molar refractivity (Wildman–Crippen MR) is 118 cm³/mol. The van der Waals surface area contributed by atoms with Crippen LogP contribution in [0.5, 0.6) is 0 Å². The van der Waals surface area contributed by atoms with Gasteiger partial charge in [-0.25, -0.2) is 9.82 Å². The second-order valence-electron chi connectivity index (χ2n) is 6.42. The number of morpholine rings is 1. The van der Waals surface area contributed by atoms with Crippen LogP contribution in [-0.4, -0.2) is 47.5 Å². The smallest absolute Gasteiger partial charge is 0.250 e. The summed E-state index contributed by atoms with van der Waals surface area (Å²) in [5, 5.41) is 7.36. The zero-order valence-electron chi connectivity index (χ0n) is 15.9. The number of para-hydroxylation sites is 1. The van der Waals surface area contributed by atoms with Crippen LogP contribution >= 0.6 is 15.9 Å². The number of halogens is 2. The van der Waals surface area contributed by atoms with Crippen LogP contribution < -0.4 is 15.6 Å². The molecule has 0 amide bonds. The molecule has 2 aromatic carbocycles. The molecule has 2 N–H and O–H groups in total. The fraction of sp³-hybridized carbons (Fsp3) is 0.200. The second-order valence-corrected chi connectivity index (χ2v) is 7.27. The van der Waals surface area contributed by atoms with Gasteiger partial charge in [0.2, 0.25) is 17.8 Å². The van der Waals surface area contributed by atoms with Gasteiger partial charge in [-0.1, -0.05) is 24.3 Å². The minimum atomic E-state index is -0.329. The van der Waals surface area contributed by atoms with E-state index in [2.05, 4.69) is 46.7 Å². The number of anilines is 4. The molecule has 8 nitrogen and oxygen atoms in total. The van der Waals surface area contributed by atoms with E-state index in [4.69, 9.17) is 4.74 Å². The van der Waals surface area contributed by atoms with Crippen molar-refractivity contribution in [1.82, 2.24) is 15.0 Å². The molecule has 0 saturated carbocycles. The Morgan fingerprint density at radius 3 is 2.57 bits per heavy atom. The van der Waals surface area contributed by atoms with E-state index in [1.807, 2.05) is 35.2 Å². The van der Waals surface area contributed by atoms with Gasteiger partial charge in [0.05, 0.1) is 23.9 Å². The maximum atomic E-state index is 13.4. The van der Waals surface area contributed by atoms with Crippen LogP contribution in [0.15, 0.2) is 58.1 Å². The highest BCUT2D eigenvalue weighted by Crippen LogP contribution is 2.19. The molecular formula is C20H19BrFN7O. The molecule has 3 aromatic rings. The van der Waals surface area contributed by atoms with Gasteiger partial charge in [0.1, 0.15) is 5.82 Å². The Balaban J connectivity index is 1.56. The molecule has 0 bridgehead atoms. The molecule has 0 aliphatic carbocycles. The lowest BCUT2D eigenvalue weighted by molar-refractivity contribution is 0.122. The Morgan fingerprint density at radius 1 is 1.03 bits per heavy atom. The molecule has 0 atom stereocenters. The summed E-state index contributed by atoms with van der Waals surface area (Å²) in [5.74, 6) is 0.903. The molecule has 1 aromatic heterocycles. The number of hydrogen-bond acceptors (Lipinski definition) is 8. The van der Waals surface area contributed by atoms with E-state index < -0.39 is 0 Å². The van der Waals surface area contributed by atoms with Gasteiger partial charge in [0.25, 0.3) is 0 Å². The SMILES string of the molecule is Fc1ccc(/C=N/Nc2nc(Nc3ccccc3)nc(N3CCOCC3)n2)cc1Br. The van der Waals surface area contributed by atoms with Crippen molar-refractivity contribution in [3.63, 3.8) is 0 Å². The van der Waals surface area contributed by atoms with E-state index in [9.17, 15) is 4.39 Å². The summed E-state index contributed by atoms with van der Waals surface area (Å²) in [7, 11) is 0. The number of nitrogens with zero attached hydrogens (tertiary/aromatic N) is 5. The van der Waals surface area contributed by atoms with Gasteiger partial charge in [-0.3, -0.25) is 0 Å². The fourth-order valence-electron chi connectivity index (χ4n) is 2.78. The number of nitrogens with one attached hydrogen (secondary N) is 2. The highest BCUT2D eigenvalue weighted by Gasteiger charge is 2.16. The third-order valence-electron chi connectivity index (χ3n) is 4.27. The molecule has 1 aliphatic heterocycles. The van der Waals surface area contributed by atoms with Crippen LogP contribution in [0, 0.1) is 5.82 Å². The van der Waals surface area contributed by atoms with Crippen LogP contribution in [-0.2, 0) is 4.74 Å². The number of benzene rings is 2. The van der Waals surface area contributed by atoms with Crippen molar-refractivity contribution < 1.29 is 9.13 Å². The summed E-state index contributed by atoms with van der Waals surface area (Å²) >= 11 is 3.16. The topological polar surface area (TPSA) is 87.6 Å². The van der Waals surface area contributed by atoms with Gasteiger partial charge in [-0.15, -0.1) is 0 Å². The monoisotopic (exact) mass is 471 g/mol. The Morgan fingerprint density at radius 2 is 1.80 bits per heavy atom. The van der Waals surface area contributed by atoms with Gasteiger partial charge in [0, 0.05) is 18.8 Å². The third-order valence-corrected chi connectivity index (χ3v) is 4.88. The molecule has 10 heteroatoms. The highest BCUT2D eigenvalue weighted by molar-refractivity contribution is 9.10. The molecule has 2 heterocycles. The van der Waals surface area contributed by atoms with E-state index in [1.54, 1.807) is 18.3 Å². The lowest BCUT2D eigenvalue weighted by atomic mass is 10.2. The molecule has 1 saturated heterocycles. The van der Waals surface area contributed by atoms with Crippen LogP contribution in [0.3, 0.4) is 0 Å². The zero-order chi connectivity index (χ0) is 20.8. The normalized spacial score (nSPS) is 14.1. The van der Waals surface area contributed by atoms with Crippen molar-refractivity contribution in [2.45, 2.75) is 0 Å². The Labute approximate surface area is 181 Å². The lowest BCUT2D eigenvalue weighted by Crippen LogP contribution is -2.37. The van der Waals surface area contributed by atoms with Crippen LogP contribution in [0.4, 0.5) is 27.9 Å². The Hall–Kier alpha value is -3.11. The van der Waals surface area contributed by atoms with E-state index >= 15 is 0 Å².